The predicted molar refractivity (Wildman–Crippen MR) is 98.1 cm³/mol. The predicted octanol–water partition coefficient (Wildman–Crippen LogP) is 3.50. The molecule has 25 heavy (non-hydrogen) atoms. The van der Waals surface area contributed by atoms with Gasteiger partial charge in [-0.25, -0.2) is 13.2 Å². The smallest absolute Gasteiger partial charge is 0.308 e. The van der Waals surface area contributed by atoms with Crippen LogP contribution in [0.3, 0.4) is 0 Å². The highest BCUT2D eigenvalue weighted by atomic mass is 32.2. The maximum atomic E-state index is 12.6. The third-order valence-electron chi connectivity index (χ3n) is 4.24. The summed E-state index contributed by atoms with van der Waals surface area (Å²) in [7, 11) is -3.48. The van der Waals surface area contributed by atoms with Crippen molar-refractivity contribution in [2.24, 2.45) is 0 Å². The van der Waals surface area contributed by atoms with E-state index in [1.165, 1.54) is 16.4 Å². The number of benzene rings is 2. The number of sulfonamides is 1. The standard InChI is InChI=1S/C18H21N3O3S/c1-14-6-5-13-21(14)25(23,24)17-11-9-16(10-12-17)20-18(22)19-15-7-3-2-4-8-15/h2-4,7-12,14H,5-6,13H2,1H3,(H2,19,20,22)/t14-/m1/s1. The zero-order valence-electron chi connectivity index (χ0n) is 14.0. The van der Waals surface area contributed by atoms with Crippen LogP contribution in [0.15, 0.2) is 59.5 Å². The number of hydrogen-bond acceptors (Lipinski definition) is 3. The summed E-state index contributed by atoms with van der Waals surface area (Å²) in [4.78, 5) is 12.2. The van der Waals surface area contributed by atoms with Crippen molar-refractivity contribution in [3.63, 3.8) is 0 Å². The Hall–Kier alpha value is -2.38. The van der Waals surface area contributed by atoms with Gasteiger partial charge in [-0.15, -0.1) is 0 Å². The lowest BCUT2D eigenvalue weighted by Crippen LogP contribution is -2.33. The van der Waals surface area contributed by atoms with Crippen LogP contribution in [0.4, 0.5) is 16.2 Å². The lowest BCUT2D eigenvalue weighted by Gasteiger charge is -2.21. The van der Waals surface area contributed by atoms with Crippen LogP contribution in [0.25, 0.3) is 0 Å². The molecule has 132 valence electrons. The van der Waals surface area contributed by atoms with Crippen LogP contribution in [-0.4, -0.2) is 31.3 Å². The normalized spacial score (nSPS) is 18.0. The lowest BCUT2D eigenvalue weighted by molar-refractivity contribution is 0.262. The van der Waals surface area contributed by atoms with Gasteiger partial charge in [0.25, 0.3) is 0 Å². The van der Waals surface area contributed by atoms with Gasteiger partial charge < -0.3 is 10.6 Å². The van der Waals surface area contributed by atoms with E-state index >= 15 is 0 Å². The van der Waals surface area contributed by atoms with Gasteiger partial charge in [0.15, 0.2) is 0 Å². The molecule has 2 aromatic carbocycles. The molecule has 6 nitrogen and oxygen atoms in total. The maximum Gasteiger partial charge on any atom is 0.323 e. The molecule has 7 heteroatoms. The summed E-state index contributed by atoms with van der Waals surface area (Å²) in [5.74, 6) is 0. The van der Waals surface area contributed by atoms with E-state index in [0.717, 1.165) is 12.8 Å². The number of hydrogen-bond donors (Lipinski definition) is 2. The van der Waals surface area contributed by atoms with E-state index in [-0.39, 0.29) is 17.0 Å². The highest BCUT2D eigenvalue weighted by Gasteiger charge is 2.32. The number of carbonyl (C=O) groups is 1. The summed E-state index contributed by atoms with van der Waals surface area (Å²) in [5, 5.41) is 5.40. The highest BCUT2D eigenvalue weighted by Crippen LogP contribution is 2.26. The van der Waals surface area contributed by atoms with Crippen LogP contribution in [0.5, 0.6) is 0 Å². The second kappa shape index (κ2) is 7.25. The molecule has 0 unspecified atom stereocenters. The largest absolute Gasteiger partial charge is 0.323 e. The molecule has 0 saturated carbocycles. The Balaban J connectivity index is 1.67. The number of nitrogens with zero attached hydrogens (tertiary/aromatic N) is 1. The molecule has 1 aliphatic heterocycles. The van der Waals surface area contributed by atoms with Gasteiger partial charge in [0.1, 0.15) is 0 Å². The monoisotopic (exact) mass is 359 g/mol. The summed E-state index contributed by atoms with van der Waals surface area (Å²) in [5.41, 5.74) is 1.21. The molecule has 1 aliphatic rings. The number of para-hydroxylation sites is 1. The molecule has 1 heterocycles. The summed E-state index contributed by atoms with van der Waals surface area (Å²) in [6.45, 7) is 2.48. The third kappa shape index (κ3) is 4.00. The number of amides is 2. The van der Waals surface area contributed by atoms with Crippen LogP contribution in [0.2, 0.25) is 0 Å². The van der Waals surface area contributed by atoms with Crippen LogP contribution >= 0.6 is 0 Å². The first-order valence-corrected chi connectivity index (χ1v) is 9.66. The summed E-state index contributed by atoms with van der Waals surface area (Å²) in [6, 6.07) is 15.0. The van der Waals surface area contributed by atoms with Crippen molar-refractivity contribution in [1.82, 2.24) is 4.31 Å². The summed E-state index contributed by atoms with van der Waals surface area (Å²) >= 11 is 0. The minimum atomic E-state index is -3.48. The zero-order chi connectivity index (χ0) is 17.9. The Kier molecular flexibility index (Phi) is 5.06. The van der Waals surface area contributed by atoms with E-state index in [0.29, 0.717) is 17.9 Å². The van der Waals surface area contributed by atoms with Gasteiger partial charge in [-0.3, -0.25) is 0 Å². The van der Waals surface area contributed by atoms with E-state index in [9.17, 15) is 13.2 Å². The van der Waals surface area contributed by atoms with Crippen LogP contribution in [-0.2, 0) is 10.0 Å². The van der Waals surface area contributed by atoms with Gasteiger partial charge >= 0.3 is 6.03 Å². The quantitative estimate of drug-likeness (QED) is 0.877. The van der Waals surface area contributed by atoms with Gasteiger partial charge in [0.2, 0.25) is 10.0 Å². The minimum Gasteiger partial charge on any atom is -0.308 e. The molecular formula is C18H21N3O3S. The van der Waals surface area contributed by atoms with E-state index < -0.39 is 10.0 Å². The third-order valence-corrected chi connectivity index (χ3v) is 6.27. The topological polar surface area (TPSA) is 78.5 Å². The molecule has 0 spiro atoms. The Labute approximate surface area is 147 Å². The fourth-order valence-corrected chi connectivity index (χ4v) is 4.62. The second-order valence-electron chi connectivity index (χ2n) is 6.08. The fourth-order valence-electron chi connectivity index (χ4n) is 2.92. The Morgan fingerprint density at radius 2 is 1.60 bits per heavy atom. The minimum absolute atomic E-state index is 0.0273. The molecule has 2 amide bonds. The van der Waals surface area contributed by atoms with Crippen molar-refractivity contribution >= 4 is 27.4 Å². The molecule has 2 N–H and O–H groups in total. The molecule has 1 saturated heterocycles. The van der Waals surface area contributed by atoms with Crippen molar-refractivity contribution in [3.05, 3.63) is 54.6 Å². The molecular weight excluding hydrogens is 338 g/mol. The maximum absolute atomic E-state index is 12.6. The molecule has 0 radical (unpaired) electrons. The lowest BCUT2D eigenvalue weighted by atomic mass is 10.3. The van der Waals surface area contributed by atoms with E-state index in [1.54, 1.807) is 24.3 Å². The second-order valence-corrected chi connectivity index (χ2v) is 7.97. The van der Waals surface area contributed by atoms with E-state index in [1.807, 2.05) is 25.1 Å². The Bertz CT molecular complexity index is 836. The van der Waals surface area contributed by atoms with Crippen LogP contribution in [0, 0.1) is 0 Å². The van der Waals surface area contributed by atoms with Gasteiger partial charge in [-0.1, -0.05) is 18.2 Å². The first-order chi connectivity index (χ1) is 12.0. The molecule has 0 bridgehead atoms. The number of urea groups is 1. The molecule has 1 atom stereocenters. The average molecular weight is 359 g/mol. The first kappa shape index (κ1) is 17.4. The van der Waals surface area contributed by atoms with Gasteiger partial charge in [0, 0.05) is 24.0 Å². The first-order valence-electron chi connectivity index (χ1n) is 8.22. The van der Waals surface area contributed by atoms with Crippen molar-refractivity contribution < 1.29 is 13.2 Å². The number of carbonyl (C=O) groups excluding carboxylic acids is 1. The number of anilines is 2. The van der Waals surface area contributed by atoms with Gasteiger partial charge in [0.05, 0.1) is 4.90 Å². The SMILES string of the molecule is C[C@@H]1CCCN1S(=O)(=O)c1ccc(NC(=O)Nc2ccccc2)cc1. The molecule has 2 aromatic rings. The molecule has 3 rings (SSSR count). The van der Waals surface area contributed by atoms with Crippen molar-refractivity contribution in [1.29, 1.82) is 0 Å². The van der Waals surface area contributed by atoms with Crippen molar-refractivity contribution in [2.75, 3.05) is 17.2 Å². The number of nitrogens with one attached hydrogen (secondary N) is 2. The van der Waals surface area contributed by atoms with Gasteiger partial charge in [-0.05, 0) is 56.2 Å². The van der Waals surface area contributed by atoms with Crippen LogP contribution < -0.4 is 10.6 Å². The molecule has 0 aromatic heterocycles. The number of rotatable bonds is 4. The molecule has 1 fully saturated rings. The van der Waals surface area contributed by atoms with Crippen LogP contribution in [0.1, 0.15) is 19.8 Å². The van der Waals surface area contributed by atoms with Crippen molar-refractivity contribution in [3.8, 4) is 0 Å². The highest BCUT2D eigenvalue weighted by molar-refractivity contribution is 7.89. The van der Waals surface area contributed by atoms with E-state index in [4.69, 9.17) is 0 Å². The summed E-state index contributed by atoms with van der Waals surface area (Å²) < 4.78 is 26.8. The molecule has 0 aliphatic carbocycles. The summed E-state index contributed by atoms with van der Waals surface area (Å²) in [6.07, 6.45) is 1.78. The van der Waals surface area contributed by atoms with Crippen molar-refractivity contribution in [2.45, 2.75) is 30.7 Å². The zero-order valence-corrected chi connectivity index (χ0v) is 14.8. The van der Waals surface area contributed by atoms with E-state index in [2.05, 4.69) is 10.6 Å². The fraction of sp³-hybridized carbons (Fsp3) is 0.278. The Morgan fingerprint density at radius 3 is 2.16 bits per heavy atom. The van der Waals surface area contributed by atoms with Gasteiger partial charge in [-0.2, -0.15) is 4.31 Å². The Morgan fingerprint density at radius 1 is 1.00 bits per heavy atom. The average Bonchev–Trinajstić information content (AvgIpc) is 3.03.